The Morgan fingerprint density at radius 2 is 2.00 bits per heavy atom. The summed E-state index contributed by atoms with van der Waals surface area (Å²) >= 11 is 0. The van der Waals surface area contributed by atoms with Gasteiger partial charge in [-0.2, -0.15) is 0 Å². The highest BCUT2D eigenvalue weighted by Gasteiger charge is 2.45. The number of amides is 1. The van der Waals surface area contributed by atoms with Crippen molar-refractivity contribution in [3.8, 4) is 0 Å². The van der Waals surface area contributed by atoms with E-state index in [0.29, 0.717) is 19.6 Å². The molecule has 6 nitrogen and oxygen atoms in total. The molecule has 0 spiro atoms. The Morgan fingerprint density at radius 1 is 1.29 bits per heavy atom. The molecule has 1 aliphatic carbocycles. The number of halogens is 1. The summed E-state index contributed by atoms with van der Waals surface area (Å²) in [7, 11) is 0. The topological polar surface area (TPSA) is 57.2 Å². The molecule has 1 N–H and O–H groups in total. The first-order valence-corrected chi connectivity index (χ1v) is 10.0. The van der Waals surface area contributed by atoms with E-state index in [9.17, 15) is 9.18 Å². The van der Waals surface area contributed by atoms with Crippen molar-refractivity contribution in [3.63, 3.8) is 0 Å². The number of guanidine groups is 1. The second kappa shape index (κ2) is 6.94. The summed E-state index contributed by atoms with van der Waals surface area (Å²) in [4.78, 5) is 21.1. The Morgan fingerprint density at radius 3 is 2.64 bits per heavy atom. The highest BCUT2D eigenvalue weighted by Crippen LogP contribution is 2.47. The zero-order valence-corrected chi connectivity index (χ0v) is 16.9. The number of fused-ring (bicyclic) bond motifs is 1. The summed E-state index contributed by atoms with van der Waals surface area (Å²) in [5.74, 6) is 0.723. The van der Waals surface area contributed by atoms with E-state index in [-0.39, 0.29) is 23.4 Å². The Labute approximate surface area is 165 Å². The number of nitrogens with one attached hydrogen (secondary N) is 1. The molecule has 4 rings (SSSR count). The number of rotatable bonds is 3. The lowest BCUT2D eigenvalue weighted by Gasteiger charge is -2.39. The van der Waals surface area contributed by atoms with Crippen LogP contribution in [0, 0.1) is 5.82 Å². The molecule has 28 heavy (non-hydrogen) atoms. The summed E-state index contributed by atoms with van der Waals surface area (Å²) in [6.45, 7) is 9.16. The van der Waals surface area contributed by atoms with E-state index in [2.05, 4.69) is 15.2 Å². The zero-order chi connectivity index (χ0) is 19.9. The van der Waals surface area contributed by atoms with Crippen LogP contribution in [0.4, 0.5) is 9.18 Å². The molecule has 1 aromatic rings. The van der Waals surface area contributed by atoms with Crippen LogP contribution in [-0.4, -0.2) is 66.2 Å². The van der Waals surface area contributed by atoms with Gasteiger partial charge in [0.25, 0.3) is 0 Å². The number of benzene rings is 1. The highest BCUT2D eigenvalue weighted by atomic mass is 19.1. The van der Waals surface area contributed by atoms with Gasteiger partial charge in [-0.15, -0.1) is 0 Å². The van der Waals surface area contributed by atoms with Gasteiger partial charge in [0.2, 0.25) is 0 Å². The third kappa shape index (κ3) is 3.93. The van der Waals surface area contributed by atoms with E-state index in [1.165, 1.54) is 17.7 Å². The number of hydrogen-bond donors (Lipinski definition) is 1. The van der Waals surface area contributed by atoms with Crippen molar-refractivity contribution in [1.29, 1.82) is 0 Å². The Hall–Kier alpha value is -2.31. The molecule has 7 heteroatoms. The van der Waals surface area contributed by atoms with Crippen LogP contribution in [0.25, 0.3) is 0 Å². The smallest absolute Gasteiger partial charge is 0.410 e. The summed E-state index contributed by atoms with van der Waals surface area (Å²) in [5.41, 5.74) is 0.796. The lowest BCUT2D eigenvalue weighted by molar-refractivity contribution is 0.0137. The summed E-state index contributed by atoms with van der Waals surface area (Å²) in [6.07, 6.45) is 1.96. The molecule has 1 aromatic carbocycles. The second-order valence-corrected chi connectivity index (χ2v) is 9.08. The lowest BCUT2D eigenvalue weighted by Crippen LogP contribution is -2.58. The predicted molar refractivity (Wildman–Crippen MR) is 106 cm³/mol. The average molecular weight is 388 g/mol. The molecular formula is C21H29FN4O2. The van der Waals surface area contributed by atoms with Crippen LogP contribution < -0.4 is 5.32 Å². The maximum Gasteiger partial charge on any atom is 0.410 e. The van der Waals surface area contributed by atoms with Gasteiger partial charge in [0, 0.05) is 31.6 Å². The standard InChI is InChI=1S/C21H29FN4O2/c1-20(2,3)28-19(27)25-10-11-26-17(13-25)12-23-18(26)24-14-21(8-9-21)15-4-6-16(22)7-5-15/h4-7,17H,8-14H2,1-3H3,(H,23,24). The number of ether oxygens (including phenoxy) is 1. The van der Waals surface area contributed by atoms with Gasteiger partial charge in [-0.05, 0) is 51.3 Å². The van der Waals surface area contributed by atoms with Gasteiger partial charge in [0.1, 0.15) is 11.4 Å². The molecule has 0 bridgehead atoms. The van der Waals surface area contributed by atoms with Gasteiger partial charge in [-0.1, -0.05) is 12.1 Å². The summed E-state index contributed by atoms with van der Waals surface area (Å²) in [5, 5.41) is 3.53. The molecule has 2 aliphatic heterocycles. The maximum atomic E-state index is 13.2. The van der Waals surface area contributed by atoms with Crippen LogP contribution in [0.3, 0.4) is 0 Å². The minimum Gasteiger partial charge on any atom is -0.444 e. The van der Waals surface area contributed by atoms with Crippen LogP contribution in [0.5, 0.6) is 0 Å². The molecule has 1 saturated carbocycles. The summed E-state index contributed by atoms with van der Waals surface area (Å²) < 4.78 is 18.7. The third-order valence-corrected chi connectivity index (χ3v) is 5.75. The average Bonchev–Trinajstić information content (AvgIpc) is 3.32. The van der Waals surface area contributed by atoms with E-state index in [0.717, 1.165) is 31.9 Å². The molecule has 3 aliphatic rings. The van der Waals surface area contributed by atoms with Crippen LogP contribution >= 0.6 is 0 Å². The summed E-state index contributed by atoms with van der Waals surface area (Å²) in [6, 6.07) is 7.05. The van der Waals surface area contributed by atoms with Gasteiger partial charge >= 0.3 is 6.09 Å². The fraction of sp³-hybridized carbons (Fsp3) is 0.619. The zero-order valence-electron chi connectivity index (χ0n) is 16.9. The van der Waals surface area contributed by atoms with Gasteiger partial charge in [-0.25, -0.2) is 9.18 Å². The normalized spacial score (nSPS) is 23.1. The van der Waals surface area contributed by atoms with E-state index in [1.807, 2.05) is 32.9 Å². The first-order valence-electron chi connectivity index (χ1n) is 10.0. The van der Waals surface area contributed by atoms with Gasteiger partial charge in [-0.3, -0.25) is 4.99 Å². The fourth-order valence-corrected chi connectivity index (χ4v) is 3.99. The Balaban J connectivity index is 1.32. The van der Waals surface area contributed by atoms with E-state index < -0.39 is 5.60 Å². The molecule has 1 saturated heterocycles. The van der Waals surface area contributed by atoms with Crippen LogP contribution in [-0.2, 0) is 10.2 Å². The largest absolute Gasteiger partial charge is 0.444 e. The third-order valence-electron chi connectivity index (χ3n) is 5.75. The van der Waals surface area contributed by atoms with Gasteiger partial charge in [0.15, 0.2) is 5.96 Å². The van der Waals surface area contributed by atoms with Gasteiger partial charge in [0.05, 0.1) is 12.6 Å². The van der Waals surface area contributed by atoms with Gasteiger partial charge < -0.3 is 19.9 Å². The minimum absolute atomic E-state index is 0.0899. The number of carbonyl (C=O) groups excluding carboxylic acids is 1. The maximum absolute atomic E-state index is 13.2. The second-order valence-electron chi connectivity index (χ2n) is 9.08. The highest BCUT2D eigenvalue weighted by molar-refractivity contribution is 5.82. The minimum atomic E-state index is -0.480. The Kier molecular flexibility index (Phi) is 4.71. The molecular weight excluding hydrogens is 359 g/mol. The molecule has 0 aromatic heterocycles. The number of aliphatic imine (C=N–C) groups is 1. The fourth-order valence-electron chi connectivity index (χ4n) is 3.99. The SMILES string of the molecule is CC(C)(C)OC(=O)N1CCN2C(NCC3(c4ccc(F)cc4)CC3)=NCC2C1. The quantitative estimate of drug-likeness (QED) is 0.865. The first kappa shape index (κ1) is 19.0. The molecule has 2 fully saturated rings. The number of hydrogen-bond acceptors (Lipinski definition) is 5. The van der Waals surface area contributed by atoms with E-state index in [1.54, 1.807) is 4.90 Å². The van der Waals surface area contributed by atoms with Crippen molar-refractivity contribution in [1.82, 2.24) is 15.1 Å². The van der Waals surface area contributed by atoms with Crippen molar-refractivity contribution in [2.45, 2.75) is 50.7 Å². The van der Waals surface area contributed by atoms with Crippen molar-refractivity contribution in [3.05, 3.63) is 35.6 Å². The predicted octanol–water partition coefficient (Wildman–Crippen LogP) is 2.74. The lowest BCUT2D eigenvalue weighted by atomic mass is 9.96. The monoisotopic (exact) mass is 388 g/mol. The molecule has 2 heterocycles. The molecule has 1 amide bonds. The van der Waals surface area contributed by atoms with Crippen molar-refractivity contribution < 1.29 is 13.9 Å². The van der Waals surface area contributed by atoms with E-state index in [4.69, 9.17) is 4.74 Å². The van der Waals surface area contributed by atoms with Crippen molar-refractivity contribution >= 4 is 12.1 Å². The first-order chi connectivity index (χ1) is 13.3. The number of carbonyl (C=O) groups is 1. The number of piperazine rings is 1. The molecule has 1 unspecified atom stereocenters. The van der Waals surface area contributed by atoms with E-state index >= 15 is 0 Å². The van der Waals surface area contributed by atoms with Crippen LogP contribution in [0.2, 0.25) is 0 Å². The van der Waals surface area contributed by atoms with Crippen molar-refractivity contribution in [2.24, 2.45) is 4.99 Å². The molecule has 152 valence electrons. The van der Waals surface area contributed by atoms with Crippen molar-refractivity contribution in [2.75, 3.05) is 32.7 Å². The molecule has 0 radical (unpaired) electrons. The van der Waals surface area contributed by atoms with Crippen LogP contribution in [0.15, 0.2) is 29.3 Å². The number of nitrogens with zero attached hydrogens (tertiary/aromatic N) is 3. The molecule has 1 atom stereocenters. The van der Waals surface area contributed by atoms with Crippen LogP contribution in [0.1, 0.15) is 39.2 Å². The Bertz CT molecular complexity index is 768.